The average Bonchev–Trinajstić information content (AvgIpc) is 3.24. The zero-order valence-electron chi connectivity index (χ0n) is 13.4. The molecular formula is C18H22N4O. The van der Waals surface area contributed by atoms with Gasteiger partial charge in [-0.15, -0.1) is 0 Å². The summed E-state index contributed by atoms with van der Waals surface area (Å²) < 4.78 is 1.96. The molecule has 1 atom stereocenters. The van der Waals surface area contributed by atoms with Crippen LogP contribution >= 0.6 is 0 Å². The highest BCUT2D eigenvalue weighted by Gasteiger charge is 2.28. The number of aryl methyl sites for hydroxylation is 1. The van der Waals surface area contributed by atoms with Crippen molar-refractivity contribution in [2.24, 2.45) is 0 Å². The standard InChI is InChI=1S/C18H22N4O/c1-12-5-7-14(8-6-12)22-16-4-2-3-15(16)17(21-22)18(23)20-13-9-10-19-11-13/h5-8,13,19H,2-4,9-11H2,1H3,(H,20,23). The predicted octanol–water partition coefficient (Wildman–Crippen LogP) is 1.76. The molecule has 2 N–H and O–H groups in total. The molecule has 1 aromatic heterocycles. The molecule has 5 heteroatoms. The summed E-state index contributed by atoms with van der Waals surface area (Å²) >= 11 is 0. The first-order valence-corrected chi connectivity index (χ1v) is 8.42. The zero-order valence-corrected chi connectivity index (χ0v) is 13.4. The fraction of sp³-hybridized carbons (Fsp3) is 0.444. The number of carbonyl (C=O) groups is 1. The van der Waals surface area contributed by atoms with E-state index < -0.39 is 0 Å². The molecule has 1 unspecified atom stereocenters. The molecule has 0 radical (unpaired) electrons. The molecule has 2 heterocycles. The largest absolute Gasteiger partial charge is 0.347 e. The van der Waals surface area contributed by atoms with Crippen molar-refractivity contribution in [1.29, 1.82) is 0 Å². The van der Waals surface area contributed by atoms with Crippen LogP contribution in [0.25, 0.3) is 5.69 Å². The maximum Gasteiger partial charge on any atom is 0.272 e. The Labute approximate surface area is 136 Å². The lowest BCUT2D eigenvalue weighted by molar-refractivity contribution is 0.0933. The highest BCUT2D eigenvalue weighted by molar-refractivity contribution is 5.94. The SMILES string of the molecule is Cc1ccc(-n2nc(C(=O)NC3CCNC3)c3c2CCC3)cc1. The van der Waals surface area contributed by atoms with Gasteiger partial charge in [0.15, 0.2) is 5.69 Å². The van der Waals surface area contributed by atoms with E-state index in [0.29, 0.717) is 5.69 Å². The molecule has 0 saturated carbocycles. The highest BCUT2D eigenvalue weighted by atomic mass is 16.2. The van der Waals surface area contributed by atoms with E-state index >= 15 is 0 Å². The van der Waals surface area contributed by atoms with Crippen LogP contribution in [0.5, 0.6) is 0 Å². The van der Waals surface area contributed by atoms with Gasteiger partial charge in [-0.25, -0.2) is 4.68 Å². The summed E-state index contributed by atoms with van der Waals surface area (Å²) in [4.78, 5) is 12.6. The van der Waals surface area contributed by atoms with Crippen molar-refractivity contribution in [3.05, 3.63) is 46.8 Å². The van der Waals surface area contributed by atoms with Crippen molar-refractivity contribution in [2.75, 3.05) is 13.1 Å². The van der Waals surface area contributed by atoms with E-state index in [1.165, 1.54) is 11.3 Å². The van der Waals surface area contributed by atoms with Gasteiger partial charge in [0.25, 0.3) is 5.91 Å². The van der Waals surface area contributed by atoms with Crippen LogP contribution in [0.2, 0.25) is 0 Å². The monoisotopic (exact) mass is 310 g/mol. The minimum absolute atomic E-state index is 0.0253. The minimum Gasteiger partial charge on any atom is -0.347 e. The topological polar surface area (TPSA) is 59.0 Å². The quantitative estimate of drug-likeness (QED) is 0.908. The van der Waals surface area contributed by atoms with Gasteiger partial charge in [0.05, 0.1) is 5.69 Å². The van der Waals surface area contributed by atoms with E-state index in [1.54, 1.807) is 0 Å². The summed E-state index contributed by atoms with van der Waals surface area (Å²) in [6.45, 7) is 3.90. The minimum atomic E-state index is -0.0253. The van der Waals surface area contributed by atoms with Crippen LogP contribution < -0.4 is 10.6 Å². The molecular weight excluding hydrogens is 288 g/mol. The summed E-state index contributed by atoms with van der Waals surface area (Å²) in [6.07, 6.45) is 4.04. The van der Waals surface area contributed by atoms with Crippen LogP contribution in [0, 0.1) is 6.92 Å². The van der Waals surface area contributed by atoms with E-state index in [2.05, 4.69) is 46.9 Å². The second-order valence-corrected chi connectivity index (χ2v) is 6.54. The molecule has 2 aliphatic rings. The van der Waals surface area contributed by atoms with E-state index in [4.69, 9.17) is 0 Å². The molecule has 120 valence electrons. The van der Waals surface area contributed by atoms with Gasteiger partial charge in [-0.1, -0.05) is 17.7 Å². The van der Waals surface area contributed by atoms with Crippen LogP contribution in [-0.4, -0.2) is 34.8 Å². The van der Waals surface area contributed by atoms with Crippen LogP contribution in [-0.2, 0) is 12.8 Å². The van der Waals surface area contributed by atoms with Crippen molar-refractivity contribution < 1.29 is 4.79 Å². The van der Waals surface area contributed by atoms with E-state index in [9.17, 15) is 4.79 Å². The van der Waals surface area contributed by atoms with Crippen molar-refractivity contribution in [2.45, 2.75) is 38.6 Å². The van der Waals surface area contributed by atoms with Gasteiger partial charge in [0, 0.05) is 23.8 Å². The third-order valence-electron chi connectivity index (χ3n) is 4.82. The van der Waals surface area contributed by atoms with Crippen LogP contribution in [0.15, 0.2) is 24.3 Å². The maximum atomic E-state index is 12.6. The van der Waals surface area contributed by atoms with Gasteiger partial charge in [-0.2, -0.15) is 5.10 Å². The van der Waals surface area contributed by atoms with E-state index in [-0.39, 0.29) is 11.9 Å². The lowest BCUT2D eigenvalue weighted by Crippen LogP contribution is -2.36. The fourth-order valence-electron chi connectivity index (χ4n) is 3.55. The molecule has 1 aliphatic carbocycles. The number of hydrogen-bond acceptors (Lipinski definition) is 3. The molecule has 2 aromatic rings. The van der Waals surface area contributed by atoms with E-state index in [1.807, 2.05) is 4.68 Å². The van der Waals surface area contributed by atoms with Gasteiger partial charge in [0.1, 0.15) is 0 Å². The number of rotatable bonds is 3. The van der Waals surface area contributed by atoms with Gasteiger partial charge in [-0.05, 0) is 51.3 Å². The molecule has 1 aromatic carbocycles. The van der Waals surface area contributed by atoms with Crippen LogP contribution in [0.4, 0.5) is 0 Å². The summed E-state index contributed by atoms with van der Waals surface area (Å²) in [5.41, 5.74) is 5.21. The Kier molecular flexibility index (Phi) is 3.65. The Morgan fingerprint density at radius 3 is 2.87 bits per heavy atom. The number of carbonyl (C=O) groups excluding carboxylic acids is 1. The summed E-state index contributed by atoms with van der Waals surface area (Å²) in [5, 5.41) is 11.1. The predicted molar refractivity (Wildman–Crippen MR) is 89.1 cm³/mol. The third-order valence-corrected chi connectivity index (χ3v) is 4.82. The van der Waals surface area contributed by atoms with Crippen molar-refractivity contribution in [3.63, 3.8) is 0 Å². The van der Waals surface area contributed by atoms with Crippen molar-refractivity contribution in [3.8, 4) is 5.69 Å². The molecule has 0 bridgehead atoms. The van der Waals surface area contributed by atoms with Crippen LogP contribution in [0.1, 0.15) is 40.2 Å². The number of nitrogens with one attached hydrogen (secondary N) is 2. The summed E-state index contributed by atoms with van der Waals surface area (Å²) in [5.74, 6) is -0.0253. The molecule has 4 rings (SSSR count). The van der Waals surface area contributed by atoms with Crippen LogP contribution in [0.3, 0.4) is 0 Å². The molecule has 5 nitrogen and oxygen atoms in total. The van der Waals surface area contributed by atoms with Crippen molar-refractivity contribution >= 4 is 5.91 Å². The Bertz CT molecular complexity index is 726. The zero-order chi connectivity index (χ0) is 15.8. The Balaban J connectivity index is 1.67. The fourth-order valence-corrected chi connectivity index (χ4v) is 3.55. The number of hydrogen-bond donors (Lipinski definition) is 2. The van der Waals surface area contributed by atoms with Gasteiger partial charge in [-0.3, -0.25) is 4.79 Å². The maximum absolute atomic E-state index is 12.6. The first-order valence-electron chi connectivity index (χ1n) is 8.42. The summed E-state index contributed by atoms with van der Waals surface area (Å²) in [6, 6.07) is 8.54. The highest BCUT2D eigenvalue weighted by Crippen LogP contribution is 2.28. The number of fused-ring (bicyclic) bond motifs is 1. The normalized spacial score (nSPS) is 19.8. The number of amides is 1. The lowest BCUT2D eigenvalue weighted by Gasteiger charge is -2.10. The smallest absolute Gasteiger partial charge is 0.272 e. The second kappa shape index (κ2) is 5.81. The Morgan fingerprint density at radius 1 is 1.30 bits per heavy atom. The first-order chi connectivity index (χ1) is 11.2. The summed E-state index contributed by atoms with van der Waals surface area (Å²) in [7, 11) is 0. The number of nitrogens with zero attached hydrogens (tertiary/aromatic N) is 2. The molecule has 1 fully saturated rings. The third kappa shape index (κ3) is 2.65. The molecule has 1 aliphatic heterocycles. The number of benzene rings is 1. The average molecular weight is 310 g/mol. The van der Waals surface area contributed by atoms with Gasteiger partial charge >= 0.3 is 0 Å². The first kappa shape index (κ1) is 14.5. The molecule has 1 amide bonds. The molecule has 23 heavy (non-hydrogen) atoms. The Hall–Kier alpha value is -2.14. The van der Waals surface area contributed by atoms with E-state index in [0.717, 1.165) is 50.0 Å². The van der Waals surface area contributed by atoms with Gasteiger partial charge in [0.2, 0.25) is 0 Å². The second-order valence-electron chi connectivity index (χ2n) is 6.54. The van der Waals surface area contributed by atoms with Crippen molar-refractivity contribution in [1.82, 2.24) is 20.4 Å². The molecule has 1 saturated heterocycles. The number of aromatic nitrogens is 2. The Morgan fingerprint density at radius 2 is 2.13 bits per heavy atom. The van der Waals surface area contributed by atoms with Gasteiger partial charge < -0.3 is 10.6 Å². The molecule has 0 spiro atoms. The lowest BCUT2D eigenvalue weighted by atomic mass is 10.1.